The fourth-order valence-corrected chi connectivity index (χ4v) is 2.53. The number of benzene rings is 1. The largest absolute Gasteiger partial charge is 0.487 e. The van der Waals surface area contributed by atoms with Crippen molar-refractivity contribution in [2.45, 2.75) is 6.61 Å². The Balaban J connectivity index is 2.03. The molecule has 26 heavy (non-hydrogen) atoms. The molecule has 0 bridgehead atoms. The molecule has 3 aromatic rings. The third kappa shape index (κ3) is 3.21. The SMILES string of the molecule is COC(=O)c1c(N)c(C#N)cn1-c1ccccc1OCc1cccnc1. The first kappa shape index (κ1) is 17.0. The van der Waals surface area contributed by atoms with E-state index in [9.17, 15) is 10.1 Å². The van der Waals surface area contributed by atoms with E-state index in [1.54, 1.807) is 30.6 Å². The van der Waals surface area contributed by atoms with Crippen molar-refractivity contribution in [1.29, 1.82) is 5.26 Å². The molecule has 3 rings (SSSR count). The van der Waals surface area contributed by atoms with Crippen LogP contribution in [0, 0.1) is 11.3 Å². The molecule has 0 amide bonds. The van der Waals surface area contributed by atoms with Crippen LogP contribution in [-0.4, -0.2) is 22.6 Å². The highest BCUT2D eigenvalue weighted by atomic mass is 16.5. The zero-order chi connectivity index (χ0) is 18.5. The molecule has 7 nitrogen and oxygen atoms in total. The van der Waals surface area contributed by atoms with Gasteiger partial charge < -0.3 is 19.8 Å². The van der Waals surface area contributed by atoms with Gasteiger partial charge in [0, 0.05) is 24.2 Å². The van der Waals surface area contributed by atoms with Crippen LogP contribution in [0.15, 0.2) is 55.0 Å². The van der Waals surface area contributed by atoms with E-state index in [0.29, 0.717) is 18.0 Å². The molecule has 130 valence electrons. The van der Waals surface area contributed by atoms with Crippen LogP contribution in [0.4, 0.5) is 5.69 Å². The van der Waals surface area contributed by atoms with Gasteiger partial charge in [0.15, 0.2) is 5.69 Å². The maximum absolute atomic E-state index is 12.2. The molecule has 2 aromatic heterocycles. The number of nitrogen functional groups attached to an aromatic ring is 1. The third-order valence-electron chi connectivity index (χ3n) is 3.79. The molecule has 7 heteroatoms. The lowest BCUT2D eigenvalue weighted by molar-refractivity contribution is 0.0593. The van der Waals surface area contributed by atoms with Crippen LogP contribution in [0.25, 0.3) is 5.69 Å². The Kier molecular flexibility index (Phi) is 4.85. The second kappa shape index (κ2) is 7.40. The summed E-state index contributed by atoms with van der Waals surface area (Å²) in [7, 11) is 1.26. The van der Waals surface area contributed by atoms with E-state index in [1.165, 1.54) is 17.9 Å². The molecule has 0 unspecified atom stereocenters. The predicted molar refractivity (Wildman–Crippen MR) is 94.8 cm³/mol. The highest BCUT2D eigenvalue weighted by Crippen LogP contribution is 2.30. The number of anilines is 1. The number of nitrogens with zero attached hydrogens (tertiary/aromatic N) is 3. The number of aromatic nitrogens is 2. The predicted octanol–water partition coefficient (Wildman–Crippen LogP) is 2.69. The lowest BCUT2D eigenvalue weighted by Gasteiger charge is -2.14. The number of hydrogen-bond acceptors (Lipinski definition) is 6. The highest BCUT2D eigenvalue weighted by Gasteiger charge is 2.23. The van der Waals surface area contributed by atoms with Crippen LogP contribution in [-0.2, 0) is 11.3 Å². The number of nitriles is 1. The number of ether oxygens (including phenoxy) is 2. The number of carbonyl (C=O) groups excluding carboxylic acids is 1. The van der Waals surface area contributed by atoms with E-state index in [0.717, 1.165) is 5.56 Å². The van der Waals surface area contributed by atoms with Crippen LogP contribution in [0.1, 0.15) is 21.6 Å². The van der Waals surface area contributed by atoms with Crippen molar-refractivity contribution in [3.8, 4) is 17.5 Å². The van der Waals surface area contributed by atoms with Gasteiger partial charge >= 0.3 is 5.97 Å². The third-order valence-corrected chi connectivity index (χ3v) is 3.79. The molecule has 0 saturated carbocycles. The first-order valence-electron chi connectivity index (χ1n) is 7.76. The number of rotatable bonds is 5. The molecule has 0 atom stereocenters. The fourth-order valence-electron chi connectivity index (χ4n) is 2.53. The van der Waals surface area contributed by atoms with Gasteiger partial charge in [0.05, 0.1) is 24.0 Å². The second-order valence-electron chi connectivity index (χ2n) is 5.40. The zero-order valence-electron chi connectivity index (χ0n) is 14.0. The van der Waals surface area contributed by atoms with Crippen molar-refractivity contribution in [2.75, 3.05) is 12.8 Å². The average Bonchev–Trinajstić information content (AvgIpc) is 3.03. The van der Waals surface area contributed by atoms with Crippen LogP contribution in [0.2, 0.25) is 0 Å². The number of nitrogens with two attached hydrogens (primary N) is 1. The van der Waals surface area contributed by atoms with E-state index in [2.05, 4.69) is 4.98 Å². The minimum atomic E-state index is -0.633. The van der Waals surface area contributed by atoms with Crippen molar-refractivity contribution in [1.82, 2.24) is 9.55 Å². The maximum atomic E-state index is 12.2. The number of hydrogen-bond donors (Lipinski definition) is 1. The van der Waals surface area contributed by atoms with Crippen molar-refractivity contribution in [3.05, 3.63) is 71.8 Å². The molecule has 0 saturated heterocycles. The summed E-state index contributed by atoms with van der Waals surface area (Å²) in [4.78, 5) is 16.2. The zero-order valence-corrected chi connectivity index (χ0v) is 14.0. The van der Waals surface area contributed by atoms with Crippen molar-refractivity contribution in [2.24, 2.45) is 0 Å². The molecule has 2 heterocycles. The molecule has 0 spiro atoms. The summed E-state index contributed by atoms with van der Waals surface area (Å²) < 4.78 is 12.2. The summed E-state index contributed by atoms with van der Waals surface area (Å²) in [5.74, 6) is -0.105. The number of para-hydroxylation sites is 2. The van der Waals surface area contributed by atoms with Crippen LogP contribution in [0.5, 0.6) is 5.75 Å². The van der Waals surface area contributed by atoms with Gasteiger partial charge in [0.25, 0.3) is 0 Å². The van der Waals surface area contributed by atoms with E-state index >= 15 is 0 Å². The monoisotopic (exact) mass is 348 g/mol. The number of methoxy groups -OCH3 is 1. The molecule has 0 fully saturated rings. The number of esters is 1. The van der Waals surface area contributed by atoms with Gasteiger partial charge in [0.1, 0.15) is 18.4 Å². The number of carbonyl (C=O) groups is 1. The second-order valence-corrected chi connectivity index (χ2v) is 5.40. The lowest BCUT2D eigenvalue weighted by Crippen LogP contribution is -2.12. The quantitative estimate of drug-likeness (QED) is 0.711. The van der Waals surface area contributed by atoms with Gasteiger partial charge in [-0.1, -0.05) is 18.2 Å². The molecule has 0 aliphatic heterocycles. The van der Waals surface area contributed by atoms with E-state index in [1.807, 2.05) is 24.3 Å². The number of pyridine rings is 1. The fraction of sp³-hybridized carbons (Fsp3) is 0.105. The van der Waals surface area contributed by atoms with E-state index in [-0.39, 0.29) is 16.9 Å². The van der Waals surface area contributed by atoms with Crippen molar-refractivity contribution >= 4 is 11.7 Å². The minimum absolute atomic E-state index is 0.0708. The smallest absolute Gasteiger partial charge is 0.357 e. The summed E-state index contributed by atoms with van der Waals surface area (Å²) in [6.07, 6.45) is 4.89. The first-order chi connectivity index (χ1) is 12.7. The van der Waals surface area contributed by atoms with Gasteiger partial charge in [0.2, 0.25) is 0 Å². The van der Waals surface area contributed by atoms with Gasteiger partial charge in [-0.3, -0.25) is 4.98 Å². The van der Waals surface area contributed by atoms with E-state index in [4.69, 9.17) is 15.2 Å². The van der Waals surface area contributed by atoms with E-state index < -0.39 is 5.97 Å². The summed E-state index contributed by atoms with van der Waals surface area (Å²) in [5, 5.41) is 9.25. The molecule has 1 aromatic carbocycles. The molecule has 0 aliphatic rings. The minimum Gasteiger partial charge on any atom is -0.487 e. The molecule has 2 N–H and O–H groups in total. The normalized spacial score (nSPS) is 10.2. The van der Waals surface area contributed by atoms with Crippen LogP contribution < -0.4 is 10.5 Å². The average molecular weight is 348 g/mol. The summed E-state index contributed by atoms with van der Waals surface area (Å²) in [5.41, 5.74) is 7.77. The maximum Gasteiger partial charge on any atom is 0.357 e. The van der Waals surface area contributed by atoms with Gasteiger partial charge in [-0.05, 0) is 18.2 Å². The summed E-state index contributed by atoms with van der Waals surface area (Å²) in [6, 6.07) is 12.9. The molecular formula is C19H16N4O3. The summed E-state index contributed by atoms with van der Waals surface area (Å²) >= 11 is 0. The standard InChI is InChI=1S/C19H16N4O3/c1-25-19(24)18-17(21)14(9-20)11-23(18)15-6-2-3-7-16(15)26-12-13-5-4-8-22-10-13/h2-8,10-11H,12,21H2,1H3. The lowest BCUT2D eigenvalue weighted by atomic mass is 10.2. The Bertz CT molecular complexity index is 974. The van der Waals surface area contributed by atoms with Crippen LogP contribution >= 0.6 is 0 Å². The molecule has 0 aliphatic carbocycles. The van der Waals surface area contributed by atoms with Gasteiger partial charge in [-0.15, -0.1) is 0 Å². The van der Waals surface area contributed by atoms with Gasteiger partial charge in [-0.2, -0.15) is 5.26 Å². The Hall–Kier alpha value is -3.79. The van der Waals surface area contributed by atoms with Gasteiger partial charge in [-0.25, -0.2) is 4.79 Å². The first-order valence-corrected chi connectivity index (χ1v) is 7.76. The van der Waals surface area contributed by atoms with Crippen molar-refractivity contribution < 1.29 is 14.3 Å². The van der Waals surface area contributed by atoms with Crippen LogP contribution in [0.3, 0.4) is 0 Å². The molecular weight excluding hydrogens is 332 g/mol. The Morgan fingerprint density at radius 3 is 2.81 bits per heavy atom. The molecule has 0 radical (unpaired) electrons. The Labute approximate surface area is 150 Å². The summed E-state index contributed by atoms with van der Waals surface area (Å²) in [6.45, 7) is 0.306. The Morgan fingerprint density at radius 1 is 1.31 bits per heavy atom. The Morgan fingerprint density at radius 2 is 2.12 bits per heavy atom. The highest BCUT2D eigenvalue weighted by molar-refractivity contribution is 5.96. The van der Waals surface area contributed by atoms with Crippen molar-refractivity contribution in [3.63, 3.8) is 0 Å². The topological polar surface area (TPSA) is 103 Å².